The van der Waals surface area contributed by atoms with Gasteiger partial charge in [0.15, 0.2) is 0 Å². The lowest BCUT2D eigenvalue weighted by atomic mass is 10.1. The van der Waals surface area contributed by atoms with Gasteiger partial charge in [-0.25, -0.2) is 4.79 Å². The molecule has 136 valence electrons. The van der Waals surface area contributed by atoms with Crippen molar-refractivity contribution < 1.29 is 19.4 Å². The van der Waals surface area contributed by atoms with Crippen LogP contribution >= 0.6 is 0 Å². The maximum absolute atomic E-state index is 10.9. The van der Waals surface area contributed by atoms with Gasteiger partial charge in [-0.05, 0) is 42.0 Å². The van der Waals surface area contributed by atoms with Gasteiger partial charge in [0.25, 0.3) is 0 Å². The Morgan fingerprint density at radius 1 is 1.04 bits per heavy atom. The molecule has 5 heteroatoms. The number of hydrogen-bond acceptors (Lipinski definition) is 4. The summed E-state index contributed by atoms with van der Waals surface area (Å²) in [6, 6.07) is 21.7. The van der Waals surface area contributed by atoms with Crippen LogP contribution in [0.25, 0.3) is 0 Å². The summed E-state index contributed by atoms with van der Waals surface area (Å²) in [5.74, 6) is 0.506. The monoisotopic (exact) mass is 361 g/mol. The van der Waals surface area contributed by atoms with Crippen molar-refractivity contribution in [2.75, 3.05) is 7.11 Å². The first-order valence-electron chi connectivity index (χ1n) is 8.38. The molecule has 3 aromatic rings. The quantitative estimate of drug-likeness (QED) is 0.618. The third-order valence-corrected chi connectivity index (χ3v) is 3.92. The summed E-state index contributed by atoms with van der Waals surface area (Å²) in [7, 11) is 1.62. The number of carbonyl (C=O) groups is 1. The number of rotatable bonds is 7. The van der Waals surface area contributed by atoms with Gasteiger partial charge < -0.3 is 14.6 Å². The van der Waals surface area contributed by atoms with E-state index in [1.54, 1.807) is 37.6 Å². The number of benzene rings is 3. The first kappa shape index (κ1) is 18.2. The largest absolute Gasteiger partial charge is 0.497 e. The molecule has 1 N–H and O–H groups in total. The molecule has 0 aromatic heterocycles. The van der Waals surface area contributed by atoms with E-state index < -0.39 is 5.97 Å². The third-order valence-electron chi connectivity index (χ3n) is 3.92. The molecule has 3 rings (SSSR count). The molecule has 0 spiro atoms. The third kappa shape index (κ3) is 4.95. The van der Waals surface area contributed by atoms with E-state index in [1.807, 2.05) is 48.5 Å². The number of hydrogen-bond donors (Lipinski definition) is 1. The van der Waals surface area contributed by atoms with Crippen molar-refractivity contribution in [3.63, 3.8) is 0 Å². The van der Waals surface area contributed by atoms with E-state index in [0.717, 1.165) is 22.6 Å². The molecule has 0 aliphatic rings. The van der Waals surface area contributed by atoms with Crippen molar-refractivity contribution in [3.8, 4) is 11.5 Å². The summed E-state index contributed by atoms with van der Waals surface area (Å²) in [5, 5.41) is 8.95. The lowest BCUT2D eigenvalue weighted by Gasteiger charge is -2.09. The number of carboxylic acids is 1. The SMILES string of the molecule is COc1cccc(N=Cc2ccccc2OCc2ccc(C(=O)O)cc2)c1. The van der Waals surface area contributed by atoms with E-state index in [4.69, 9.17) is 14.6 Å². The van der Waals surface area contributed by atoms with Crippen LogP contribution < -0.4 is 9.47 Å². The summed E-state index contributed by atoms with van der Waals surface area (Å²) in [5.41, 5.74) is 2.78. The average Bonchev–Trinajstić information content (AvgIpc) is 2.71. The molecule has 5 nitrogen and oxygen atoms in total. The van der Waals surface area contributed by atoms with Crippen molar-refractivity contribution in [1.82, 2.24) is 0 Å². The van der Waals surface area contributed by atoms with Crippen LogP contribution in [0.3, 0.4) is 0 Å². The highest BCUT2D eigenvalue weighted by Gasteiger charge is 2.04. The van der Waals surface area contributed by atoms with Crippen LogP contribution in [-0.4, -0.2) is 24.4 Å². The molecule has 0 heterocycles. The van der Waals surface area contributed by atoms with Crippen LogP contribution in [0.15, 0.2) is 77.8 Å². The molecular weight excluding hydrogens is 342 g/mol. The standard InChI is InChI=1S/C22H19NO4/c1-26-20-7-4-6-19(13-20)23-14-18-5-2-3-8-21(18)27-15-16-9-11-17(12-10-16)22(24)25/h2-14H,15H2,1H3,(H,24,25). The molecule has 0 aliphatic carbocycles. The van der Waals surface area contributed by atoms with Crippen LogP contribution in [0, 0.1) is 0 Å². The van der Waals surface area contributed by atoms with Gasteiger partial charge in [0.1, 0.15) is 18.1 Å². The summed E-state index contributed by atoms with van der Waals surface area (Å²) in [6.45, 7) is 0.337. The Balaban J connectivity index is 1.71. The van der Waals surface area contributed by atoms with Gasteiger partial charge in [0.05, 0.1) is 18.4 Å². The Morgan fingerprint density at radius 3 is 2.56 bits per heavy atom. The Bertz CT molecular complexity index is 949. The van der Waals surface area contributed by atoms with Crippen LogP contribution in [0.2, 0.25) is 0 Å². The number of para-hydroxylation sites is 1. The van der Waals surface area contributed by atoms with Gasteiger partial charge >= 0.3 is 5.97 Å². The molecule has 0 amide bonds. The minimum absolute atomic E-state index is 0.254. The zero-order valence-corrected chi connectivity index (χ0v) is 14.8. The zero-order chi connectivity index (χ0) is 19.1. The maximum atomic E-state index is 10.9. The predicted octanol–water partition coefficient (Wildman–Crippen LogP) is 4.72. The highest BCUT2D eigenvalue weighted by atomic mass is 16.5. The van der Waals surface area contributed by atoms with Crippen LogP contribution in [-0.2, 0) is 6.61 Å². The Kier molecular flexibility index (Phi) is 5.84. The number of aromatic carboxylic acids is 1. The van der Waals surface area contributed by atoms with Crippen LogP contribution in [0.5, 0.6) is 11.5 Å². The van der Waals surface area contributed by atoms with Crippen molar-refractivity contribution >= 4 is 17.9 Å². The summed E-state index contributed by atoms with van der Waals surface area (Å²) < 4.78 is 11.1. The second kappa shape index (κ2) is 8.67. The van der Waals surface area contributed by atoms with Gasteiger partial charge in [-0.3, -0.25) is 4.99 Å². The van der Waals surface area contributed by atoms with Crippen LogP contribution in [0.1, 0.15) is 21.5 Å². The highest BCUT2D eigenvalue weighted by Crippen LogP contribution is 2.22. The summed E-state index contributed by atoms with van der Waals surface area (Å²) in [4.78, 5) is 15.4. The van der Waals surface area contributed by atoms with Crippen molar-refractivity contribution in [2.24, 2.45) is 4.99 Å². The second-order valence-corrected chi connectivity index (χ2v) is 5.79. The van der Waals surface area contributed by atoms with Crippen LogP contribution in [0.4, 0.5) is 5.69 Å². The lowest BCUT2D eigenvalue weighted by molar-refractivity contribution is 0.0697. The van der Waals surface area contributed by atoms with E-state index in [9.17, 15) is 4.79 Å². The fourth-order valence-electron chi connectivity index (χ4n) is 2.46. The topological polar surface area (TPSA) is 68.1 Å². The van der Waals surface area contributed by atoms with E-state index >= 15 is 0 Å². The molecule has 0 aliphatic heterocycles. The smallest absolute Gasteiger partial charge is 0.335 e. The maximum Gasteiger partial charge on any atom is 0.335 e. The van der Waals surface area contributed by atoms with E-state index in [1.165, 1.54) is 0 Å². The molecule has 27 heavy (non-hydrogen) atoms. The number of aliphatic imine (C=N–C) groups is 1. The van der Waals surface area contributed by atoms with Gasteiger partial charge in [0, 0.05) is 17.8 Å². The van der Waals surface area contributed by atoms with Gasteiger partial charge in [-0.15, -0.1) is 0 Å². The Labute approximate surface area is 157 Å². The molecule has 0 fully saturated rings. The number of carboxylic acid groups (broad SMARTS) is 1. The highest BCUT2D eigenvalue weighted by molar-refractivity contribution is 5.87. The Hall–Kier alpha value is -3.60. The van der Waals surface area contributed by atoms with Gasteiger partial charge in [-0.2, -0.15) is 0 Å². The molecule has 0 saturated heterocycles. The lowest BCUT2D eigenvalue weighted by Crippen LogP contribution is -2.00. The fourth-order valence-corrected chi connectivity index (χ4v) is 2.46. The second-order valence-electron chi connectivity index (χ2n) is 5.79. The van der Waals surface area contributed by atoms with Gasteiger partial charge in [-0.1, -0.05) is 30.3 Å². The Morgan fingerprint density at radius 2 is 1.81 bits per heavy atom. The van der Waals surface area contributed by atoms with Crippen molar-refractivity contribution in [1.29, 1.82) is 0 Å². The molecular formula is C22H19NO4. The van der Waals surface area contributed by atoms with E-state index in [-0.39, 0.29) is 5.56 Å². The minimum atomic E-state index is -0.943. The van der Waals surface area contributed by atoms with Gasteiger partial charge in [0.2, 0.25) is 0 Å². The first-order valence-corrected chi connectivity index (χ1v) is 8.38. The number of ether oxygens (including phenoxy) is 2. The molecule has 0 unspecified atom stereocenters. The van der Waals surface area contributed by atoms with Crippen molar-refractivity contribution in [2.45, 2.75) is 6.61 Å². The molecule has 0 radical (unpaired) electrons. The molecule has 0 atom stereocenters. The average molecular weight is 361 g/mol. The normalized spacial score (nSPS) is 10.7. The fraction of sp³-hybridized carbons (Fsp3) is 0.0909. The van der Waals surface area contributed by atoms with E-state index in [2.05, 4.69) is 4.99 Å². The summed E-state index contributed by atoms with van der Waals surface area (Å²) in [6.07, 6.45) is 1.75. The first-order chi connectivity index (χ1) is 13.2. The molecule has 0 saturated carbocycles. The molecule has 3 aromatic carbocycles. The zero-order valence-electron chi connectivity index (χ0n) is 14.8. The minimum Gasteiger partial charge on any atom is -0.497 e. The predicted molar refractivity (Wildman–Crippen MR) is 104 cm³/mol. The van der Waals surface area contributed by atoms with Crippen molar-refractivity contribution in [3.05, 3.63) is 89.5 Å². The summed E-state index contributed by atoms with van der Waals surface area (Å²) >= 11 is 0. The number of methoxy groups -OCH3 is 1. The van der Waals surface area contributed by atoms with E-state index in [0.29, 0.717) is 12.4 Å². The number of nitrogens with zero attached hydrogens (tertiary/aromatic N) is 1. The molecule has 0 bridgehead atoms.